The number of unbranched alkanes of at least 4 members (excludes halogenated alkanes) is 2. The Kier molecular flexibility index (Phi) is 6.33. The van der Waals surface area contributed by atoms with Crippen LogP contribution in [0.2, 0.25) is 0 Å². The molecule has 17 heavy (non-hydrogen) atoms. The van der Waals surface area contributed by atoms with Gasteiger partial charge in [0.2, 0.25) is 5.91 Å². The number of rotatable bonds is 7. The van der Waals surface area contributed by atoms with E-state index in [0.717, 1.165) is 30.5 Å². The topological polar surface area (TPSA) is 38.3 Å². The van der Waals surface area contributed by atoms with E-state index < -0.39 is 0 Å². The molecule has 0 aromatic heterocycles. The first kappa shape index (κ1) is 13.7. The van der Waals surface area contributed by atoms with Crippen LogP contribution in [0, 0.1) is 0 Å². The average molecular weight is 235 g/mol. The van der Waals surface area contributed by atoms with Crippen LogP contribution in [0.1, 0.15) is 38.2 Å². The Morgan fingerprint density at radius 3 is 2.88 bits per heavy atom. The third-order valence-electron chi connectivity index (χ3n) is 2.53. The molecule has 0 bridgehead atoms. The fourth-order valence-electron chi connectivity index (χ4n) is 1.66. The zero-order chi connectivity index (χ0) is 12.5. The molecule has 3 heteroatoms. The fourth-order valence-corrected chi connectivity index (χ4v) is 1.66. The zero-order valence-corrected chi connectivity index (χ0v) is 10.7. The van der Waals surface area contributed by atoms with Crippen molar-refractivity contribution in [3.8, 4) is 0 Å². The second-order valence-corrected chi connectivity index (χ2v) is 4.14. The van der Waals surface area contributed by atoms with Gasteiger partial charge in [0.05, 0.1) is 6.61 Å². The van der Waals surface area contributed by atoms with E-state index in [0.29, 0.717) is 13.0 Å². The molecule has 0 aliphatic rings. The van der Waals surface area contributed by atoms with Gasteiger partial charge < -0.3 is 10.1 Å². The lowest BCUT2D eigenvalue weighted by atomic mass is 10.2. The summed E-state index contributed by atoms with van der Waals surface area (Å²) in [5.74, 6) is 0.0908. The highest BCUT2D eigenvalue weighted by molar-refractivity contribution is 5.90. The van der Waals surface area contributed by atoms with E-state index in [9.17, 15) is 4.79 Å². The first-order valence-corrected chi connectivity index (χ1v) is 6.14. The van der Waals surface area contributed by atoms with Crippen LogP contribution in [0.3, 0.4) is 0 Å². The minimum absolute atomic E-state index is 0.0908. The molecule has 0 radical (unpaired) electrons. The number of hydrogen-bond donors (Lipinski definition) is 1. The van der Waals surface area contributed by atoms with Gasteiger partial charge in [0.15, 0.2) is 0 Å². The number of benzene rings is 1. The Morgan fingerprint density at radius 1 is 1.35 bits per heavy atom. The Balaban J connectivity index is 2.44. The number of hydrogen-bond acceptors (Lipinski definition) is 2. The number of amides is 1. The van der Waals surface area contributed by atoms with Crippen molar-refractivity contribution < 1.29 is 9.53 Å². The molecule has 0 heterocycles. The Hall–Kier alpha value is -1.35. The SMILES string of the molecule is CCCCCC(=O)Nc1cccc(COC)c1. The quantitative estimate of drug-likeness (QED) is 0.736. The second kappa shape index (κ2) is 7.85. The first-order chi connectivity index (χ1) is 8.26. The van der Waals surface area contributed by atoms with Gasteiger partial charge in [-0.15, -0.1) is 0 Å². The van der Waals surface area contributed by atoms with E-state index in [-0.39, 0.29) is 5.91 Å². The summed E-state index contributed by atoms with van der Waals surface area (Å²) in [6.45, 7) is 2.70. The highest BCUT2D eigenvalue weighted by Crippen LogP contribution is 2.12. The molecule has 1 rings (SSSR count). The standard InChI is InChI=1S/C14H21NO2/c1-3-4-5-9-14(16)15-13-8-6-7-12(10-13)11-17-2/h6-8,10H,3-5,9,11H2,1-2H3,(H,15,16). The van der Waals surface area contributed by atoms with Crippen LogP contribution in [0.4, 0.5) is 5.69 Å². The van der Waals surface area contributed by atoms with E-state index in [1.54, 1.807) is 7.11 Å². The predicted octanol–water partition coefficient (Wildman–Crippen LogP) is 3.35. The van der Waals surface area contributed by atoms with Crippen LogP contribution in [0.5, 0.6) is 0 Å². The molecule has 0 spiro atoms. The number of anilines is 1. The lowest BCUT2D eigenvalue weighted by Crippen LogP contribution is -2.11. The second-order valence-electron chi connectivity index (χ2n) is 4.14. The monoisotopic (exact) mass is 235 g/mol. The van der Waals surface area contributed by atoms with Gasteiger partial charge in [0.1, 0.15) is 0 Å². The molecule has 0 saturated heterocycles. The van der Waals surface area contributed by atoms with Gasteiger partial charge in [-0.1, -0.05) is 31.9 Å². The summed E-state index contributed by atoms with van der Waals surface area (Å²) in [5.41, 5.74) is 1.92. The fraction of sp³-hybridized carbons (Fsp3) is 0.500. The summed E-state index contributed by atoms with van der Waals surface area (Å²) in [5, 5.41) is 2.91. The van der Waals surface area contributed by atoms with Crippen LogP contribution in [0.25, 0.3) is 0 Å². The predicted molar refractivity (Wildman–Crippen MR) is 69.9 cm³/mol. The summed E-state index contributed by atoms with van der Waals surface area (Å²) in [7, 11) is 1.66. The maximum Gasteiger partial charge on any atom is 0.224 e. The molecule has 0 aliphatic carbocycles. The summed E-state index contributed by atoms with van der Waals surface area (Å²) >= 11 is 0. The van der Waals surface area contributed by atoms with Gasteiger partial charge in [-0.25, -0.2) is 0 Å². The minimum atomic E-state index is 0.0908. The summed E-state index contributed by atoms with van der Waals surface area (Å²) in [6.07, 6.45) is 3.80. The van der Waals surface area contributed by atoms with E-state index in [1.807, 2.05) is 24.3 Å². The highest BCUT2D eigenvalue weighted by Gasteiger charge is 2.02. The Labute approximate surface area is 103 Å². The molecule has 0 fully saturated rings. The molecule has 94 valence electrons. The van der Waals surface area contributed by atoms with Crippen LogP contribution in [-0.4, -0.2) is 13.0 Å². The highest BCUT2D eigenvalue weighted by atomic mass is 16.5. The Morgan fingerprint density at radius 2 is 2.18 bits per heavy atom. The summed E-state index contributed by atoms with van der Waals surface area (Å²) < 4.78 is 5.05. The zero-order valence-electron chi connectivity index (χ0n) is 10.7. The van der Waals surface area contributed by atoms with Crippen LogP contribution >= 0.6 is 0 Å². The van der Waals surface area contributed by atoms with Gasteiger partial charge in [-0.3, -0.25) is 4.79 Å². The van der Waals surface area contributed by atoms with Gasteiger partial charge in [-0.2, -0.15) is 0 Å². The number of ether oxygens (including phenoxy) is 1. The number of nitrogens with one attached hydrogen (secondary N) is 1. The smallest absolute Gasteiger partial charge is 0.224 e. The number of carbonyl (C=O) groups is 1. The number of methoxy groups -OCH3 is 1. The van der Waals surface area contributed by atoms with Crippen molar-refractivity contribution in [2.24, 2.45) is 0 Å². The molecule has 0 aliphatic heterocycles. The summed E-state index contributed by atoms with van der Waals surface area (Å²) in [6, 6.07) is 7.75. The van der Waals surface area contributed by atoms with Crippen molar-refractivity contribution in [3.05, 3.63) is 29.8 Å². The maximum atomic E-state index is 11.6. The molecule has 0 unspecified atom stereocenters. The molecule has 1 aromatic carbocycles. The number of carbonyl (C=O) groups excluding carboxylic acids is 1. The van der Waals surface area contributed by atoms with Gasteiger partial charge in [0.25, 0.3) is 0 Å². The van der Waals surface area contributed by atoms with Crippen molar-refractivity contribution in [3.63, 3.8) is 0 Å². The van der Waals surface area contributed by atoms with Gasteiger partial charge in [-0.05, 0) is 24.1 Å². The average Bonchev–Trinajstić information content (AvgIpc) is 2.30. The van der Waals surface area contributed by atoms with Crippen LogP contribution in [-0.2, 0) is 16.1 Å². The van der Waals surface area contributed by atoms with Gasteiger partial charge in [0, 0.05) is 19.2 Å². The molecule has 1 aromatic rings. The third kappa shape index (κ3) is 5.50. The molecular formula is C14H21NO2. The van der Waals surface area contributed by atoms with E-state index in [1.165, 1.54) is 0 Å². The van der Waals surface area contributed by atoms with E-state index in [2.05, 4.69) is 12.2 Å². The van der Waals surface area contributed by atoms with Crippen LogP contribution in [0.15, 0.2) is 24.3 Å². The lowest BCUT2D eigenvalue weighted by Gasteiger charge is -2.07. The minimum Gasteiger partial charge on any atom is -0.380 e. The van der Waals surface area contributed by atoms with Crippen molar-refractivity contribution in [2.45, 2.75) is 39.2 Å². The lowest BCUT2D eigenvalue weighted by molar-refractivity contribution is -0.116. The van der Waals surface area contributed by atoms with E-state index in [4.69, 9.17) is 4.74 Å². The van der Waals surface area contributed by atoms with Crippen molar-refractivity contribution in [2.75, 3.05) is 12.4 Å². The molecular weight excluding hydrogens is 214 g/mol. The summed E-state index contributed by atoms with van der Waals surface area (Å²) in [4.78, 5) is 11.6. The maximum absolute atomic E-state index is 11.6. The van der Waals surface area contributed by atoms with E-state index >= 15 is 0 Å². The normalized spacial score (nSPS) is 10.2. The van der Waals surface area contributed by atoms with Crippen molar-refractivity contribution in [1.29, 1.82) is 0 Å². The molecule has 0 saturated carbocycles. The van der Waals surface area contributed by atoms with Crippen molar-refractivity contribution >= 4 is 11.6 Å². The Bertz CT molecular complexity index is 350. The van der Waals surface area contributed by atoms with Crippen LogP contribution < -0.4 is 5.32 Å². The molecule has 1 amide bonds. The first-order valence-electron chi connectivity index (χ1n) is 6.14. The van der Waals surface area contributed by atoms with Crippen molar-refractivity contribution in [1.82, 2.24) is 0 Å². The largest absolute Gasteiger partial charge is 0.380 e. The molecule has 1 N–H and O–H groups in total. The molecule has 0 atom stereocenters. The van der Waals surface area contributed by atoms with Gasteiger partial charge >= 0.3 is 0 Å². The third-order valence-corrected chi connectivity index (χ3v) is 2.53. The molecule has 3 nitrogen and oxygen atoms in total.